The molecule has 0 saturated heterocycles. The minimum Gasteiger partial charge on any atom is -0.497 e. The Kier molecular flexibility index (Phi) is 13.5. The van der Waals surface area contributed by atoms with E-state index in [4.69, 9.17) is 46.9 Å². The van der Waals surface area contributed by atoms with Gasteiger partial charge in [0.25, 0.3) is 0 Å². The Labute approximate surface area is 326 Å². The number of carbonyl (C=O) groups is 1. The zero-order valence-corrected chi connectivity index (χ0v) is 33.6. The highest BCUT2D eigenvalue weighted by atomic mass is 35.5. The van der Waals surface area contributed by atoms with Gasteiger partial charge in [-0.25, -0.2) is 18.2 Å². The number of rotatable bonds is 15. The van der Waals surface area contributed by atoms with Crippen LogP contribution in [0.15, 0.2) is 60.8 Å². The molecule has 0 radical (unpaired) electrons. The number of nitrogens with one attached hydrogen (secondary N) is 1. The smallest absolute Gasteiger partial charge is 0.416 e. The van der Waals surface area contributed by atoms with Crippen molar-refractivity contribution in [3.8, 4) is 29.1 Å². The summed E-state index contributed by atoms with van der Waals surface area (Å²) in [7, 11) is -0.750. The number of anilines is 2. The number of nitriles is 1. The number of carbonyl (C=O) groups excluding carboxylic acids is 1. The molecule has 1 amide bonds. The number of amides is 1. The summed E-state index contributed by atoms with van der Waals surface area (Å²) in [4.78, 5) is 23.8. The molecular formula is C38H43Cl2N5O8S. The number of benzene rings is 3. The summed E-state index contributed by atoms with van der Waals surface area (Å²) in [5.41, 5.74) is 1.51. The molecule has 288 valence electrons. The van der Waals surface area contributed by atoms with Crippen molar-refractivity contribution in [3.05, 3.63) is 93.6 Å². The lowest BCUT2D eigenvalue weighted by atomic mass is 9.77. The largest absolute Gasteiger partial charge is 0.497 e. The predicted molar refractivity (Wildman–Crippen MR) is 208 cm³/mol. The molecule has 0 spiro atoms. The van der Waals surface area contributed by atoms with Gasteiger partial charge in [0.15, 0.2) is 11.6 Å². The number of sulfonamides is 1. The number of nitrogens with zero attached hydrogens (tertiary/aromatic N) is 4. The van der Waals surface area contributed by atoms with Gasteiger partial charge in [-0.05, 0) is 68.3 Å². The fourth-order valence-electron chi connectivity index (χ4n) is 5.26. The molecule has 1 N–H and O–H groups in total. The van der Waals surface area contributed by atoms with Crippen molar-refractivity contribution in [1.29, 1.82) is 5.26 Å². The van der Waals surface area contributed by atoms with Crippen LogP contribution in [0.4, 0.5) is 16.6 Å². The molecule has 0 atom stereocenters. The maximum atomic E-state index is 13.8. The average molecular weight is 801 g/mol. The summed E-state index contributed by atoms with van der Waals surface area (Å²) in [6.45, 7) is 9.23. The minimum absolute atomic E-state index is 0.0460. The molecule has 54 heavy (non-hydrogen) atoms. The van der Waals surface area contributed by atoms with Gasteiger partial charge in [-0.3, -0.25) is 9.62 Å². The molecule has 13 nitrogen and oxygen atoms in total. The number of aromatic nitrogens is 2. The lowest BCUT2D eigenvalue weighted by Crippen LogP contribution is -2.38. The summed E-state index contributed by atoms with van der Waals surface area (Å²) >= 11 is 12.3. The molecule has 4 rings (SSSR count). The van der Waals surface area contributed by atoms with Gasteiger partial charge in [0.2, 0.25) is 16.0 Å². The third-order valence-corrected chi connectivity index (χ3v) is 8.98. The normalized spacial score (nSPS) is 11.6. The Morgan fingerprint density at radius 2 is 1.63 bits per heavy atom. The topological polar surface area (TPSA) is 162 Å². The van der Waals surface area contributed by atoms with E-state index >= 15 is 0 Å². The van der Waals surface area contributed by atoms with Crippen LogP contribution in [-0.4, -0.2) is 63.0 Å². The molecular weight excluding hydrogens is 757 g/mol. The Balaban J connectivity index is 1.69. The van der Waals surface area contributed by atoms with Crippen LogP contribution in [0.3, 0.4) is 0 Å². The number of halogens is 2. The van der Waals surface area contributed by atoms with E-state index in [0.717, 1.165) is 17.4 Å². The van der Waals surface area contributed by atoms with Gasteiger partial charge in [0.1, 0.15) is 42.1 Å². The second kappa shape index (κ2) is 17.4. The van der Waals surface area contributed by atoms with E-state index in [2.05, 4.69) is 20.8 Å². The molecule has 0 bridgehead atoms. The number of ether oxygens (including phenoxy) is 5. The number of methoxy groups -OCH3 is 2. The summed E-state index contributed by atoms with van der Waals surface area (Å²) in [5, 5.41) is 10.1. The van der Waals surface area contributed by atoms with Crippen molar-refractivity contribution < 1.29 is 36.9 Å². The molecule has 0 aliphatic carbocycles. The first-order valence-electron chi connectivity index (χ1n) is 16.6. The zero-order valence-electron chi connectivity index (χ0n) is 31.3. The van der Waals surface area contributed by atoms with Crippen molar-refractivity contribution in [3.63, 3.8) is 0 Å². The van der Waals surface area contributed by atoms with E-state index in [0.29, 0.717) is 44.7 Å². The lowest BCUT2D eigenvalue weighted by Gasteiger charge is -2.29. The van der Waals surface area contributed by atoms with Gasteiger partial charge in [-0.15, -0.1) is 11.6 Å². The standard InChI is InChI=1S/C38H43Cl2N5O8S/c1-37(2,3)53-36(46)45(22-24-9-12-30(49-6)19-32(24)50-7)34-26(21-42-35(43-34)44-54(8,47)48)23-52-29-13-10-27(11-14-29)38(4,5)28-17-25(20-41)33(31(40)18-28)51-16-15-39/h9-14,17-19,21H,15-16,22-23H2,1-8H3,(H,42,43,44). The molecule has 0 fully saturated rings. The first kappa shape index (κ1) is 41.8. The van der Waals surface area contributed by atoms with E-state index in [1.807, 2.05) is 26.0 Å². The summed E-state index contributed by atoms with van der Waals surface area (Å²) in [6, 6.07) is 18.2. The van der Waals surface area contributed by atoms with Crippen LogP contribution < -0.4 is 28.6 Å². The lowest BCUT2D eigenvalue weighted by molar-refractivity contribution is 0.0575. The molecule has 1 aromatic heterocycles. The zero-order chi connectivity index (χ0) is 39.8. The van der Waals surface area contributed by atoms with Gasteiger partial charge in [-0.1, -0.05) is 37.6 Å². The van der Waals surface area contributed by atoms with E-state index in [1.165, 1.54) is 25.3 Å². The van der Waals surface area contributed by atoms with Crippen LogP contribution in [0, 0.1) is 11.3 Å². The van der Waals surface area contributed by atoms with E-state index < -0.39 is 27.1 Å². The van der Waals surface area contributed by atoms with Gasteiger partial charge < -0.3 is 23.7 Å². The Morgan fingerprint density at radius 3 is 2.22 bits per heavy atom. The number of alkyl halides is 1. The third-order valence-electron chi connectivity index (χ3n) is 7.99. The third kappa shape index (κ3) is 10.8. The monoisotopic (exact) mass is 799 g/mol. The van der Waals surface area contributed by atoms with Crippen molar-refractivity contribution in [2.45, 2.75) is 58.8 Å². The Hall–Kier alpha value is -4.97. The Morgan fingerprint density at radius 1 is 0.944 bits per heavy atom. The second-order valence-corrected chi connectivity index (χ2v) is 16.1. The first-order valence-corrected chi connectivity index (χ1v) is 19.4. The highest BCUT2D eigenvalue weighted by Gasteiger charge is 2.30. The minimum atomic E-state index is -3.77. The van der Waals surface area contributed by atoms with E-state index in [1.54, 1.807) is 63.2 Å². The van der Waals surface area contributed by atoms with Crippen molar-refractivity contribution in [1.82, 2.24) is 9.97 Å². The maximum absolute atomic E-state index is 13.8. The van der Waals surface area contributed by atoms with Gasteiger partial charge in [-0.2, -0.15) is 10.2 Å². The highest BCUT2D eigenvalue weighted by molar-refractivity contribution is 7.92. The fourth-order valence-corrected chi connectivity index (χ4v) is 6.05. The van der Waals surface area contributed by atoms with E-state index in [-0.39, 0.29) is 37.4 Å². The van der Waals surface area contributed by atoms with Gasteiger partial charge >= 0.3 is 6.09 Å². The van der Waals surface area contributed by atoms with Crippen LogP contribution in [0.25, 0.3) is 0 Å². The Bertz CT molecular complexity index is 2120. The maximum Gasteiger partial charge on any atom is 0.416 e. The van der Waals surface area contributed by atoms with Crippen LogP contribution >= 0.6 is 23.2 Å². The summed E-state index contributed by atoms with van der Waals surface area (Å²) in [5.74, 6) is 1.81. The molecule has 3 aromatic carbocycles. The second-order valence-electron chi connectivity index (χ2n) is 13.6. The van der Waals surface area contributed by atoms with Crippen LogP contribution in [-0.2, 0) is 33.3 Å². The SMILES string of the molecule is COc1ccc(CN(C(=O)OC(C)(C)C)c2nc(NS(C)(=O)=O)ncc2COc2ccc(C(C)(C)c3cc(Cl)c(OCCCl)c(C#N)c3)cc2)c(OC)c1. The van der Waals surface area contributed by atoms with Gasteiger partial charge in [0.05, 0.1) is 49.0 Å². The van der Waals surface area contributed by atoms with Gasteiger partial charge in [0, 0.05) is 23.2 Å². The molecule has 0 aliphatic rings. The number of hydrogen-bond donors (Lipinski definition) is 1. The summed E-state index contributed by atoms with van der Waals surface area (Å²) in [6.07, 6.45) is 1.60. The first-order chi connectivity index (χ1) is 25.4. The van der Waals surface area contributed by atoms with Crippen LogP contribution in [0.2, 0.25) is 5.02 Å². The van der Waals surface area contributed by atoms with Crippen LogP contribution in [0.5, 0.6) is 23.0 Å². The molecule has 0 saturated carbocycles. The van der Waals surface area contributed by atoms with Crippen molar-refractivity contribution in [2.24, 2.45) is 0 Å². The predicted octanol–water partition coefficient (Wildman–Crippen LogP) is 7.85. The number of hydrogen-bond acceptors (Lipinski definition) is 11. The van der Waals surface area contributed by atoms with Crippen molar-refractivity contribution >= 4 is 51.1 Å². The van der Waals surface area contributed by atoms with Crippen molar-refractivity contribution in [2.75, 3.05) is 42.6 Å². The highest BCUT2D eigenvalue weighted by Crippen LogP contribution is 2.39. The molecule has 0 aliphatic heterocycles. The van der Waals surface area contributed by atoms with Crippen LogP contribution in [0.1, 0.15) is 62.4 Å². The molecule has 0 unspecified atom stereocenters. The van der Waals surface area contributed by atoms with E-state index in [9.17, 15) is 18.5 Å². The quantitative estimate of drug-likeness (QED) is 0.117. The molecule has 16 heteroatoms. The molecule has 4 aromatic rings. The molecule has 1 heterocycles. The fraction of sp³-hybridized carbons (Fsp3) is 0.368. The summed E-state index contributed by atoms with van der Waals surface area (Å²) < 4.78 is 55.1. The average Bonchev–Trinajstić information content (AvgIpc) is 3.11.